The maximum atomic E-state index is 12.2. The van der Waals surface area contributed by atoms with Gasteiger partial charge in [-0.05, 0) is 49.4 Å². The first kappa shape index (κ1) is 15.6. The highest BCUT2D eigenvalue weighted by Gasteiger charge is 2.29. The van der Waals surface area contributed by atoms with Gasteiger partial charge >= 0.3 is 0 Å². The van der Waals surface area contributed by atoms with Crippen LogP contribution in [0.4, 0.5) is 5.69 Å². The Morgan fingerprint density at radius 3 is 2.42 bits per heavy atom. The highest BCUT2D eigenvalue weighted by Crippen LogP contribution is 2.33. The van der Waals surface area contributed by atoms with E-state index in [4.69, 9.17) is 4.74 Å². The summed E-state index contributed by atoms with van der Waals surface area (Å²) < 4.78 is 6.12. The fourth-order valence-electron chi connectivity index (χ4n) is 3.53. The summed E-state index contributed by atoms with van der Waals surface area (Å²) in [5.74, 6) is 1.96. The minimum Gasteiger partial charge on any atom is -0.490 e. The fourth-order valence-corrected chi connectivity index (χ4v) is 3.53. The normalized spacial score (nSPS) is 21.3. The zero-order valence-corrected chi connectivity index (χ0v) is 14.2. The van der Waals surface area contributed by atoms with Crippen LogP contribution < -0.4 is 9.64 Å². The third kappa shape index (κ3) is 3.74. The van der Waals surface area contributed by atoms with Gasteiger partial charge in [0.1, 0.15) is 11.9 Å². The topological polar surface area (TPSA) is 32.8 Å². The first-order valence-electron chi connectivity index (χ1n) is 9.26. The molecule has 0 aromatic heterocycles. The molecule has 128 valence electrons. The minimum absolute atomic E-state index is 0.229. The van der Waals surface area contributed by atoms with Crippen molar-refractivity contribution in [2.24, 2.45) is 5.92 Å². The van der Waals surface area contributed by atoms with Gasteiger partial charge in [-0.15, -0.1) is 0 Å². The molecule has 1 saturated heterocycles. The quantitative estimate of drug-likeness (QED) is 0.829. The molecule has 1 saturated carbocycles. The van der Waals surface area contributed by atoms with Crippen molar-refractivity contribution < 1.29 is 9.53 Å². The van der Waals surface area contributed by atoms with E-state index in [-0.39, 0.29) is 6.10 Å². The van der Waals surface area contributed by atoms with Gasteiger partial charge in [-0.25, -0.2) is 0 Å². The number of anilines is 1. The van der Waals surface area contributed by atoms with Gasteiger partial charge in [0, 0.05) is 50.8 Å². The van der Waals surface area contributed by atoms with Crippen LogP contribution in [0.2, 0.25) is 0 Å². The van der Waals surface area contributed by atoms with Crippen molar-refractivity contribution in [2.45, 2.75) is 44.6 Å². The highest BCUT2D eigenvalue weighted by molar-refractivity contribution is 5.76. The van der Waals surface area contributed by atoms with Crippen LogP contribution in [0.15, 0.2) is 36.5 Å². The molecule has 2 fully saturated rings. The predicted molar refractivity (Wildman–Crippen MR) is 95.1 cm³/mol. The zero-order valence-electron chi connectivity index (χ0n) is 14.2. The Morgan fingerprint density at radius 1 is 1.04 bits per heavy atom. The number of hydrogen-bond acceptors (Lipinski definition) is 3. The van der Waals surface area contributed by atoms with E-state index < -0.39 is 0 Å². The minimum atomic E-state index is 0.229. The number of carbonyl (C=O) groups excluding carboxylic acids is 1. The van der Waals surface area contributed by atoms with Crippen LogP contribution >= 0.6 is 0 Å². The van der Waals surface area contributed by atoms with Crippen molar-refractivity contribution in [3.63, 3.8) is 0 Å². The van der Waals surface area contributed by atoms with Gasteiger partial charge in [0.25, 0.3) is 0 Å². The molecular weight excluding hydrogens is 300 g/mol. The van der Waals surface area contributed by atoms with E-state index in [0.29, 0.717) is 11.8 Å². The summed E-state index contributed by atoms with van der Waals surface area (Å²) in [6.45, 7) is 2.74. The van der Waals surface area contributed by atoms with E-state index in [1.807, 2.05) is 4.90 Å². The highest BCUT2D eigenvalue weighted by atomic mass is 16.5. The Hall–Kier alpha value is -1.97. The van der Waals surface area contributed by atoms with Gasteiger partial charge in [0.2, 0.25) is 5.91 Å². The molecule has 1 aromatic carbocycles. The van der Waals surface area contributed by atoms with Crippen molar-refractivity contribution in [1.29, 1.82) is 0 Å². The summed E-state index contributed by atoms with van der Waals surface area (Å²) in [4.78, 5) is 16.4. The largest absolute Gasteiger partial charge is 0.490 e. The van der Waals surface area contributed by atoms with Crippen molar-refractivity contribution in [1.82, 2.24) is 4.90 Å². The second kappa shape index (κ2) is 6.88. The Morgan fingerprint density at radius 2 is 1.79 bits per heavy atom. The molecule has 1 aromatic rings. The smallest absolute Gasteiger partial charge is 0.222 e. The second-order valence-electron chi connectivity index (χ2n) is 7.21. The van der Waals surface area contributed by atoms with E-state index in [9.17, 15) is 4.79 Å². The Bertz CT molecular complexity index is 599. The molecule has 2 aliphatic heterocycles. The molecule has 4 rings (SSSR count). The van der Waals surface area contributed by atoms with E-state index in [2.05, 4.69) is 41.4 Å². The molecule has 1 aliphatic carbocycles. The molecule has 24 heavy (non-hydrogen) atoms. The molecule has 0 unspecified atom stereocenters. The number of benzene rings is 1. The summed E-state index contributed by atoms with van der Waals surface area (Å²) in [6, 6.07) is 8.37. The molecule has 0 atom stereocenters. The van der Waals surface area contributed by atoms with Gasteiger partial charge in [0.05, 0.1) is 0 Å². The molecule has 1 amide bonds. The molecule has 0 spiro atoms. The number of likely N-dealkylation sites (tertiary alicyclic amines) is 1. The number of rotatable bonds is 5. The first-order chi connectivity index (χ1) is 11.8. The standard InChI is InChI=1S/C20H26N2O2/c23-20(15-16-3-4-16)22-13-9-19(10-14-22)24-18-7-5-17(6-8-18)21-11-1-2-12-21/h1,5-8,11,16,19H,2-4,9-10,12-15H2. The average molecular weight is 326 g/mol. The van der Waals surface area contributed by atoms with Crippen LogP contribution in [0, 0.1) is 5.92 Å². The molecule has 4 heteroatoms. The Labute approximate surface area is 144 Å². The molecule has 3 aliphatic rings. The van der Waals surface area contributed by atoms with Crippen molar-refractivity contribution in [3.05, 3.63) is 36.5 Å². The zero-order chi connectivity index (χ0) is 16.4. The van der Waals surface area contributed by atoms with Crippen molar-refractivity contribution in [2.75, 3.05) is 24.5 Å². The first-order valence-corrected chi connectivity index (χ1v) is 9.26. The molecule has 0 N–H and O–H groups in total. The molecule has 4 nitrogen and oxygen atoms in total. The summed E-state index contributed by atoms with van der Waals surface area (Å²) in [6.07, 6.45) is 10.8. The van der Waals surface area contributed by atoms with E-state index in [0.717, 1.165) is 51.1 Å². The Kier molecular flexibility index (Phi) is 4.46. The van der Waals surface area contributed by atoms with Gasteiger partial charge in [0.15, 0.2) is 0 Å². The third-order valence-electron chi connectivity index (χ3n) is 5.25. The predicted octanol–water partition coefficient (Wildman–Crippen LogP) is 3.58. The maximum Gasteiger partial charge on any atom is 0.222 e. The lowest BCUT2D eigenvalue weighted by molar-refractivity contribution is -0.133. The van der Waals surface area contributed by atoms with E-state index in [1.165, 1.54) is 18.5 Å². The van der Waals surface area contributed by atoms with Gasteiger partial charge in [-0.3, -0.25) is 4.79 Å². The van der Waals surface area contributed by atoms with E-state index in [1.54, 1.807) is 0 Å². The van der Waals surface area contributed by atoms with Crippen LogP contribution in [-0.2, 0) is 4.79 Å². The molecular formula is C20H26N2O2. The maximum absolute atomic E-state index is 12.2. The lowest BCUT2D eigenvalue weighted by Gasteiger charge is -2.32. The number of hydrogen-bond donors (Lipinski definition) is 0. The Balaban J connectivity index is 1.25. The average Bonchev–Trinajstić information content (AvgIpc) is 3.25. The number of ether oxygens (including phenoxy) is 1. The summed E-state index contributed by atoms with van der Waals surface area (Å²) >= 11 is 0. The van der Waals surface area contributed by atoms with Gasteiger partial charge in [-0.1, -0.05) is 6.08 Å². The van der Waals surface area contributed by atoms with Gasteiger partial charge in [-0.2, -0.15) is 0 Å². The van der Waals surface area contributed by atoms with Crippen LogP contribution in [0.25, 0.3) is 0 Å². The van der Waals surface area contributed by atoms with Crippen LogP contribution in [0.3, 0.4) is 0 Å². The number of carbonyl (C=O) groups is 1. The fraction of sp³-hybridized carbons (Fsp3) is 0.550. The SMILES string of the molecule is O=C(CC1CC1)N1CCC(Oc2ccc(N3C=CCC3)cc2)CC1. The van der Waals surface area contributed by atoms with Crippen molar-refractivity contribution >= 4 is 11.6 Å². The van der Waals surface area contributed by atoms with E-state index >= 15 is 0 Å². The third-order valence-corrected chi connectivity index (χ3v) is 5.25. The molecule has 0 bridgehead atoms. The van der Waals surface area contributed by atoms with Crippen LogP contribution in [-0.4, -0.2) is 36.5 Å². The monoisotopic (exact) mass is 326 g/mol. The molecule has 0 radical (unpaired) electrons. The lowest BCUT2D eigenvalue weighted by Crippen LogP contribution is -2.41. The lowest BCUT2D eigenvalue weighted by atomic mass is 10.1. The van der Waals surface area contributed by atoms with Crippen molar-refractivity contribution in [3.8, 4) is 5.75 Å². The second-order valence-corrected chi connectivity index (χ2v) is 7.21. The van der Waals surface area contributed by atoms with Gasteiger partial charge < -0.3 is 14.5 Å². The number of piperidine rings is 1. The summed E-state index contributed by atoms with van der Waals surface area (Å²) in [5.41, 5.74) is 1.22. The van der Waals surface area contributed by atoms with Crippen LogP contribution in [0.5, 0.6) is 5.75 Å². The summed E-state index contributed by atoms with van der Waals surface area (Å²) in [7, 11) is 0. The van der Waals surface area contributed by atoms with Crippen LogP contribution in [0.1, 0.15) is 38.5 Å². The number of amides is 1. The number of nitrogens with zero attached hydrogens (tertiary/aromatic N) is 2. The molecule has 2 heterocycles. The summed E-state index contributed by atoms with van der Waals surface area (Å²) in [5, 5.41) is 0.